The Kier molecular flexibility index (Phi) is 9.26. The van der Waals surface area contributed by atoms with E-state index in [0.717, 1.165) is 15.6 Å². The highest BCUT2D eigenvalue weighted by Gasteiger charge is 2.28. The molecule has 2 aromatic carbocycles. The molecule has 2 amide bonds. The lowest BCUT2D eigenvalue weighted by molar-refractivity contribution is -0.139. The van der Waals surface area contributed by atoms with E-state index < -0.39 is 6.04 Å². The number of rotatable bonds is 8. The van der Waals surface area contributed by atoms with Gasteiger partial charge in [0.2, 0.25) is 11.8 Å². The van der Waals surface area contributed by atoms with E-state index in [0.29, 0.717) is 17.3 Å². The highest BCUT2D eigenvalue weighted by Crippen LogP contribution is 2.22. The van der Waals surface area contributed by atoms with E-state index in [9.17, 15) is 9.59 Å². The number of carbonyl (C=O) groups excluding carboxylic acids is 2. The van der Waals surface area contributed by atoms with Gasteiger partial charge in [-0.05, 0) is 57.0 Å². The molecule has 0 fully saturated rings. The molecule has 0 heterocycles. The zero-order valence-electron chi connectivity index (χ0n) is 17.7. The first-order chi connectivity index (χ1) is 14.1. The van der Waals surface area contributed by atoms with Gasteiger partial charge in [0.15, 0.2) is 0 Å². The number of halogens is 2. The zero-order valence-corrected chi connectivity index (χ0v) is 20.9. The minimum atomic E-state index is -0.582. The molecule has 162 valence electrons. The van der Waals surface area contributed by atoms with Gasteiger partial charge < -0.3 is 10.2 Å². The van der Waals surface area contributed by atoms with Crippen LogP contribution in [0.4, 0.5) is 0 Å². The van der Waals surface area contributed by atoms with Crippen LogP contribution in [0, 0.1) is 0 Å². The Labute approximate surface area is 196 Å². The van der Waals surface area contributed by atoms with Crippen LogP contribution < -0.4 is 5.32 Å². The Hall–Kier alpha value is -1.50. The van der Waals surface area contributed by atoms with E-state index in [2.05, 4.69) is 21.2 Å². The summed E-state index contributed by atoms with van der Waals surface area (Å²) in [7, 11) is 0. The third-order valence-corrected chi connectivity index (χ3v) is 6.24. The molecule has 30 heavy (non-hydrogen) atoms. The molecule has 0 bridgehead atoms. The summed E-state index contributed by atoms with van der Waals surface area (Å²) in [6.07, 6.45) is 0. The van der Waals surface area contributed by atoms with Crippen molar-refractivity contribution in [3.05, 3.63) is 69.2 Å². The van der Waals surface area contributed by atoms with E-state index >= 15 is 0 Å². The Morgan fingerprint density at radius 1 is 1.13 bits per heavy atom. The second kappa shape index (κ2) is 11.2. The van der Waals surface area contributed by atoms with Crippen molar-refractivity contribution in [2.45, 2.75) is 51.6 Å². The maximum absolute atomic E-state index is 13.1. The molecule has 4 nitrogen and oxygen atoms in total. The molecule has 0 aliphatic heterocycles. The maximum atomic E-state index is 13.1. The number of carbonyl (C=O) groups is 2. The first-order valence-corrected chi connectivity index (χ1v) is 12.1. The summed E-state index contributed by atoms with van der Waals surface area (Å²) in [5.74, 6) is 0.672. The lowest BCUT2D eigenvalue weighted by Gasteiger charge is -2.31. The largest absolute Gasteiger partial charge is 0.350 e. The Morgan fingerprint density at radius 2 is 1.77 bits per heavy atom. The first-order valence-electron chi connectivity index (χ1n) is 9.74. The van der Waals surface area contributed by atoms with Gasteiger partial charge in [-0.25, -0.2) is 0 Å². The molecular formula is C23H28BrClN2O2S. The van der Waals surface area contributed by atoms with Crippen molar-refractivity contribution < 1.29 is 9.59 Å². The highest BCUT2D eigenvalue weighted by molar-refractivity contribution is 9.10. The molecule has 0 aliphatic rings. The third kappa shape index (κ3) is 7.97. The monoisotopic (exact) mass is 510 g/mol. The van der Waals surface area contributed by atoms with E-state index in [4.69, 9.17) is 11.6 Å². The molecule has 0 saturated heterocycles. The second-order valence-electron chi connectivity index (χ2n) is 8.15. The van der Waals surface area contributed by atoms with Crippen LogP contribution in [0.3, 0.4) is 0 Å². The van der Waals surface area contributed by atoms with Crippen LogP contribution in [0.1, 0.15) is 38.8 Å². The summed E-state index contributed by atoms with van der Waals surface area (Å²) in [6, 6.07) is 14.8. The van der Waals surface area contributed by atoms with Crippen LogP contribution in [0.5, 0.6) is 0 Å². The number of nitrogens with zero attached hydrogens (tertiary/aromatic N) is 1. The topological polar surface area (TPSA) is 49.4 Å². The molecule has 1 N–H and O–H groups in total. The quantitative estimate of drug-likeness (QED) is 0.497. The molecule has 7 heteroatoms. The number of thioether (sulfide) groups is 1. The Morgan fingerprint density at radius 3 is 2.37 bits per heavy atom. The fraction of sp³-hybridized carbons (Fsp3) is 0.391. The van der Waals surface area contributed by atoms with Crippen molar-refractivity contribution in [1.29, 1.82) is 0 Å². The number of benzene rings is 2. The molecule has 2 aromatic rings. The predicted molar refractivity (Wildman–Crippen MR) is 130 cm³/mol. The van der Waals surface area contributed by atoms with Crippen molar-refractivity contribution in [3.8, 4) is 0 Å². The molecular weight excluding hydrogens is 484 g/mol. The molecule has 2 rings (SSSR count). The average molecular weight is 512 g/mol. The summed E-state index contributed by atoms with van der Waals surface area (Å²) in [6.45, 7) is 7.93. The standard InChI is InChI=1S/C23H28BrClN2O2S/c1-16(22(29)26-23(2,3)4)27(13-17-9-11-19(24)12-10-17)21(28)15-30-14-18-7-5-6-8-20(18)25/h5-12,16H,13-15H2,1-4H3,(H,26,29). The van der Waals surface area contributed by atoms with E-state index in [1.54, 1.807) is 11.8 Å². The van der Waals surface area contributed by atoms with Gasteiger partial charge in [0.05, 0.1) is 5.75 Å². The van der Waals surface area contributed by atoms with E-state index in [1.165, 1.54) is 11.8 Å². The fourth-order valence-corrected chi connectivity index (χ4v) is 4.25. The maximum Gasteiger partial charge on any atom is 0.242 e. The minimum Gasteiger partial charge on any atom is -0.350 e. The number of hydrogen-bond acceptors (Lipinski definition) is 3. The smallest absolute Gasteiger partial charge is 0.242 e. The molecule has 0 aromatic heterocycles. The van der Waals surface area contributed by atoms with Gasteiger partial charge in [-0.2, -0.15) is 0 Å². The summed E-state index contributed by atoms with van der Waals surface area (Å²) >= 11 is 11.1. The molecule has 0 saturated carbocycles. The first kappa shape index (κ1) is 24.8. The number of amides is 2. The summed E-state index contributed by atoms with van der Waals surface area (Å²) < 4.78 is 0.970. The molecule has 0 radical (unpaired) electrons. The van der Waals surface area contributed by atoms with Crippen molar-refractivity contribution in [1.82, 2.24) is 10.2 Å². The van der Waals surface area contributed by atoms with E-state index in [-0.39, 0.29) is 23.1 Å². The summed E-state index contributed by atoms with van der Waals surface area (Å²) in [4.78, 5) is 27.5. The number of hydrogen-bond donors (Lipinski definition) is 1. The molecule has 1 unspecified atom stereocenters. The number of nitrogens with one attached hydrogen (secondary N) is 1. The highest BCUT2D eigenvalue weighted by atomic mass is 79.9. The van der Waals surface area contributed by atoms with Crippen molar-refractivity contribution >= 4 is 51.1 Å². The van der Waals surface area contributed by atoms with Gasteiger partial charge in [0, 0.05) is 27.3 Å². The lowest BCUT2D eigenvalue weighted by Crippen LogP contribution is -2.52. The lowest BCUT2D eigenvalue weighted by atomic mass is 10.1. The molecule has 0 spiro atoms. The zero-order chi connectivity index (χ0) is 22.3. The Bertz CT molecular complexity index is 868. The van der Waals surface area contributed by atoms with Gasteiger partial charge in [-0.15, -0.1) is 11.8 Å². The van der Waals surface area contributed by atoms with Crippen LogP contribution in [0.25, 0.3) is 0 Å². The van der Waals surface area contributed by atoms with E-state index in [1.807, 2.05) is 69.3 Å². The SMILES string of the molecule is CC(C(=O)NC(C)(C)C)N(Cc1ccc(Br)cc1)C(=O)CSCc1ccccc1Cl. The van der Waals surface area contributed by atoms with Crippen LogP contribution in [-0.4, -0.2) is 34.0 Å². The van der Waals surface area contributed by atoms with Gasteiger partial charge in [-0.3, -0.25) is 9.59 Å². The molecule has 1 atom stereocenters. The van der Waals surface area contributed by atoms with Gasteiger partial charge >= 0.3 is 0 Å². The fourth-order valence-electron chi connectivity index (χ4n) is 2.79. The second-order valence-corrected chi connectivity index (χ2v) is 10.5. The van der Waals surface area contributed by atoms with Gasteiger partial charge in [0.25, 0.3) is 0 Å². The predicted octanol–water partition coefficient (Wildman–Crippen LogP) is 5.67. The van der Waals surface area contributed by atoms with Crippen LogP contribution in [0.2, 0.25) is 5.02 Å². The van der Waals surface area contributed by atoms with Crippen molar-refractivity contribution in [3.63, 3.8) is 0 Å². The third-order valence-electron chi connectivity index (χ3n) is 4.37. The van der Waals surface area contributed by atoms with Gasteiger partial charge in [0.1, 0.15) is 6.04 Å². The summed E-state index contributed by atoms with van der Waals surface area (Å²) in [5, 5.41) is 3.67. The molecule has 0 aliphatic carbocycles. The van der Waals surface area contributed by atoms with Crippen LogP contribution in [-0.2, 0) is 21.9 Å². The Balaban J connectivity index is 2.10. The summed E-state index contributed by atoms with van der Waals surface area (Å²) in [5.41, 5.74) is 1.60. The average Bonchev–Trinajstić information content (AvgIpc) is 2.67. The minimum absolute atomic E-state index is 0.0773. The normalized spacial score (nSPS) is 12.3. The van der Waals surface area contributed by atoms with Crippen LogP contribution in [0.15, 0.2) is 53.0 Å². The van der Waals surface area contributed by atoms with Crippen molar-refractivity contribution in [2.24, 2.45) is 0 Å². The van der Waals surface area contributed by atoms with Crippen LogP contribution >= 0.6 is 39.3 Å². The van der Waals surface area contributed by atoms with Gasteiger partial charge in [-0.1, -0.05) is 57.9 Å². The van der Waals surface area contributed by atoms with Crippen molar-refractivity contribution in [2.75, 3.05) is 5.75 Å².